The third kappa shape index (κ3) is 4.55. The molecule has 0 aliphatic heterocycles. The Morgan fingerprint density at radius 1 is 1.35 bits per heavy atom. The van der Waals surface area contributed by atoms with E-state index in [2.05, 4.69) is 5.32 Å². The van der Waals surface area contributed by atoms with Gasteiger partial charge in [-0.3, -0.25) is 10.1 Å². The summed E-state index contributed by atoms with van der Waals surface area (Å²) in [7, 11) is 1.62. The second kappa shape index (κ2) is 7.49. The van der Waals surface area contributed by atoms with Gasteiger partial charge >= 0.3 is 6.03 Å². The van der Waals surface area contributed by atoms with Crippen LogP contribution in [-0.2, 0) is 4.79 Å². The van der Waals surface area contributed by atoms with Gasteiger partial charge in [0.15, 0.2) is 6.04 Å². The average Bonchev–Trinajstić information content (AvgIpc) is 2.43. The lowest BCUT2D eigenvalue weighted by Gasteiger charge is -2.18. The number of rotatable bonds is 6. The van der Waals surface area contributed by atoms with Crippen molar-refractivity contribution >= 4 is 11.9 Å². The van der Waals surface area contributed by atoms with Crippen molar-refractivity contribution in [3.05, 3.63) is 29.8 Å². The molecule has 0 saturated heterocycles. The quantitative estimate of drug-likeness (QED) is 0.698. The number of quaternary nitrogens is 1. The molecule has 0 aliphatic rings. The Morgan fingerprint density at radius 3 is 2.40 bits per heavy atom. The van der Waals surface area contributed by atoms with Crippen LogP contribution in [0.4, 0.5) is 4.79 Å². The van der Waals surface area contributed by atoms with E-state index in [-0.39, 0.29) is 11.9 Å². The number of carbonyl (C=O) groups is 2. The largest absolute Gasteiger partial charge is 0.497 e. The fourth-order valence-electron chi connectivity index (χ4n) is 2.01. The number of hydrogen-bond donors (Lipinski definition) is 3. The molecule has 0 heterocycles. The number of hydrogen-bond acceptors (Lipinski definition) is 3. The first kappa shape index (κ1) is 16.0. The molecule has 0 spiro atoms. The topological polar surface area (TPSA) is 98.0 Å². The van der Waals surface area contributed by atoms with Crippen LogP contribution in [0.2, 0.25) is 0 Å². The van der Waals surface area contributed by atoms with Gasteiger partial charge in [0.25, 0.3) is 5.91 Å². The van der Waals surface area contributed by atoms with Crippen LogP contribution >= 0.6 is 0 Å². The minimum atomic E-state index is -0.826. The Balaban J connectivity index is 2.70. The van der Waals surface area contributed by atoms with E-state index in [1.165, 1.54) is 0 Å². The van der Waals surface area contributed by atoms with Crippen molar-refractivity contribution in [1.29, 1.82) is 0 Å². The van der Waals surface area contributed by atoms with Crippen LogP contribution in [0.5, 0.6) is 5.75 Å². The summed E-state index contributed by atoms with van der Waals surface area (Å²) in [6, 6.07) is 6.64. The highest BCUT2D eigenvalue weighted by molar-refractivity contribution is 5.95. The monoisotopic (exact) mass is 280 g/mol. The molecular weight excluding hydrogens is 258 g/mol. The molecule has 5 N–H and O–H groups in total. The zero-order chi connectivity index (χ0) is 15.1. The fraction of sp³-hybridized carbons (Fsp3) is 0.429. The molecule has 0 aromatic heterocycles. The molecule has 0 unspecified atom stereocenters. The average molecular weight is 280 g/mol. The number of nitrogens with one attached hydrogen (secondary N) is 1. The molecule has 1 aromatic carbocycles. The van der Waals surface area contributed by atoms with Gasteiger partial charge in [-0.2, -0.15) is 0 Å². The molecule has 0 aliphatic carbocycles. The number of imide groups is 1. The van der Waals surface area contributed by atoms with E-state index in [9.17, 15) is 9.59 Å². The van der Waals surface area contributed by atoms with Gasteiger partial charge in [-0.25, -0.2) is 4.79 Å². The Bertz CT molecular complexity index is 459. The Hall–Kier alpha value is -2.08. The Labute approximate surface area is 118 Å². The Kier molecular flexibility index (Phi) is 5.99. The van der Waals surface area contributed by atoms with Gasteiger partial charge in [0.05, 0.1) is 7.11 Å². The van der Waals surface area contributed by atoms with Gasteiger partial charge in [-0.15, -0.1) is 0 Å². The first-order valence-electron chi connectivity index (χ1n) is 6.57. The first-order valence-corrected chi connectivity index (χ1v) is 6.57. The van der Waals surface area contributed by atoms with Crippen molar-refractivity contribution in [2.75, 3.05) is 7.11 Å². The van der Waals surface area contributed by atoms with Crippen molar-refractivity contribution in [2.45, 2.75) is 32.4 Å². The molecule has 110 valence electrons. The van der Waals surface area contributed by atoms with Crippen molar-refractivity contribution < 1.29 is 19.6 Å². The minimum Gasteiger partial charge on any atom is -0.497 e. The molecule has 0 fully saturated rings. The maximum Gasteiger partial charge on any atom is 0.319 e. The summed E-state index contributed by atoms with van der Waals surface area (Å²) in [4.78, 5) is 22.3. The number of ether oxygens (including phenoxy) is 1. The van der Waals surface area contributed by atoms with Gasteiger partial charge in [0, 0.05) is 12.0 Å². The molecule has 0 bridgehead atoms. The van der Waals surface area contributed by atoms with Crippen LogP contribution < -0.4 is 21.1 Å². The third-order valence-corrected chi connectivity index (χ3v) is 3.16. The predicted molar refractivity (Wildman–Crippen MR) is 75.1 cm³/mol. The van der Waals surface area contributed by atoms with Crippen LogP contribution in [0.25, 0.3) is 0 Å². The lowest BCUT2D eigenvalue weighted by atomic mass is 10.0. The van der Waals surface area contributed by atoms with Gasteiger partial charge in [0.1, 0.15) is 11.8 Å². The van der Waals surface area contributed by atoms with Crippen LogP contribution in [0, 0.1) is 0 Å². The van der Waals surface area contributed by atoms with E-state index in [0.29, 0.717) is 0 Å². The number of urea groups is 1. The first-order chi connectivity index (χ1) is 9.47. The van der Waals surface area contributed by atoms with E-state index in [1.807, 2.05) is 36.5 Å². The molecule has 0 saturated carbocycles. The minimum absolute atomic E-state index is 0.134. The lowest BCUT2D eigenvalue weighted by molar-refractivity contribution is -0.713. The van der Waals surface area contributed by atoms with Gasteiger partial charge in [-0.05, 0) is 31.2 Å². The number of carbonyl (C=O) groups excluding carboxylic acids is 2. The van der Waals surface area contributed by atoms with E-state index < -0.39 is 12.1 Å². The standard InChI is InChI=1S/C14H21N3O3/c1-4-12(10-5-7-11(20-3)8-6-10)16-9(2)13(18)17-14(15)19/h5-9,12,16H,4H2,1-3H3,(H3,15,17,18,19)/p+1/t9-,12+/m1/s1. The van der Waals surface area contributed by atoms with Gasteiger partial charge < -0.3 is 15.8 Å². The van der Waals surface area contributed by atoms with Crippen molar-refractivity contribution in [2.24, 2.45) is 5.73 Å². The summed E-state index contributed by atoms with van der Waals surface area (Å²) < 4.78 is 5.12. The molecule has 1 aromatic rings. The number of primary amides is 1. The van der Waals surface area contributed by atoms with Crippen LogP contribution in [0.15, 0.2) is 24.3 Å². The molecule has 3 amide bonds. The van der Waals surface area contributed by atoms with E-state index in [1.54, 1.807) is 14.0 Å². The smallest absolute Gasteiger partial charge is 0.319 e. The van der Waals surface area contributed by atoms with Crippen molar-refractivity contribution in [3.63, 3.8) is 0 Å². The third-order valence-electron chi connectivity index (χ3n) is 3.16. The maximum atomic E-state index is 11.7. The molecular formula is C14H22N3O3+. The highest BCUT2D eigenvalue weighted by Gasteiger charge is 2.22. The fourth-order valence-corrected chi connectivity index (χ4v) is 2.01. The number of methoxy groups -OCH3 is 1. The maximum absolute atomic E-state index is 11.7. The second-order valence-electron chi connectivity index (χ2n) is 4.62. The van der Waals surface area contributed by atoms with Gasteiger partial charge in [0.2, 0.25) is 0 Å². The highest BCUT2D eigenvalue weighted by Crippen LogP contribution is 2.17. The van der Waals surface area contributed by atoms with Crippen LogP contribution in [-0.4, -0.2) is 25.1 Å². The zero-order valence-corrected chi connectivity index (χ0v) is 12.1. The number of benzene rings is 1. The van der Waals surface area contributed by atoms with E-state index >= 15 is 0 Å². The van der Waals surface area contributed by atoms with Gasteiger partial charge in [-0.1, -0.05) is 6.92 Å². The highest BCUT2D eigenvalue weighted by atomic mass is 16.5. The number of amides is 3. The van der Waals surface area contributed by atoms with Crippen molar-refractivity contribution in [1.82, 2.24) is 5.32 Å². The number of nitrogens with two attached hydrogens (primary N) is 2. The van der Waals surface area contributed by atoms with E-state index in [0.717, 1.165) is 17.7 Å². The molecule has 20 heavy (non-hydrogen) atoms. The lowest BCUT2D eigenvalue weighted by Crippen LogP contribution is -2.92. The molecule has 1 rings (SSSR count). The summed E-state index contributed by atoms with van der Waals surface area (Å²) in [5, 5.41) is 4.01. The van der Waals surface area contributed by atoms with Crippen molar-refractivity contribution in [3.8, 4) is 5.75 Å². The molecule has 0 radical (unpaired) electrons. The normalized spacial score (nSPS) is 13.3. The molecule has 6 heteroatoms. The SMILES string of the molecule is CC[C@H]([NH2+][C@H](C)C(=O)NC(N)=O)c1ccc(OC)cc1. The summed E-state index contributed by atoms with van der Waals surface area (Å²) in [6.07, 6.45) is 0.862. The zero-order valence-electron chi connectivity index (χ0n) is 12.1. The summed E-state index contributed by atoms with van der Waals surface area (Å²) in [5.74, 6) is 0.410. The summed E-state index contributed by atoms with van der Waals surface area (Å²) in [5.41, 5.74) is 6.04. The summed E-state index contributed by atoms with van der Waals surface area (Å²) >= 11 is 0. The molecule has 6 nitrogen and oxygen atoms in total. The van der Waals surface area contributed by atoms with E-state index in [4.69, 9.17) is 10.5 Å². The van der Waals surface area contributed by atoms with Crippen LogP contribution in [0.1, 0.15) is 31.9 Å². The molecule has 2 atom stereocenters. The Morgan fingerprint density at radius 2 is 1.95 bits per heavy atom. The second-order valence-corrected chi connectivity index (χ2v) is 4.62. The summed E-state index contributed by atoms with van der Waals surface area (Å²) in [6.45, 7) is 3.79. The predicted octanol–water partition coefficient (Wildman–Crippen LogP) is 0.293. The van der Waals surface area contributed by atoms with Crippen LogP contribution in [0.3, 0.4) is 0 Å².